The van der Waals surface area contributed by atoms with E-state index < -0.39 is 0 Å². The van der Waals surface area contributed by atoms with Crippen LogP contribution in [0, 0.1) is 18.3 Å². The van der Waals surface area contributed by atoms with Crippen LogP contribution in [0.4, 0.5) is 0 Å². The van der Waals surface area contributed by atoms with Gasteiger partial charge in [-0.1, -0.05) is 73.8 Å². The average molecular weight is 449 g/mol. The Labute approximate surface area is 200 Å². The fourth-order valence-electron chi connectivity index (χ4n) is 4.42. The smallest absolute Gasteiger partial charge is 0.152 e. The molecule has 1 fully saturated rings. The fraction of sp³-hybridized carbons (Fsp3) is 0.207. The van der Waals surface area contributed by atoms with Crippen molar-refractivity contribution in [1.29, 1.82) is 5.26 Å². The maximum atomic E-state index is 11.4. The van der Waals surface area contributed by atoms with E-state index >= 15 is 0 Å². The standard InChI is InChI=1S/C29H28N4O/c1-20-8-6-12-26-24(20)11-7-13-27(26)29(14-15-29)33-21(2)25-10-5-4-9-23(25)18-32-28(19-34)22(3)31-17-16-30/h4-13,31-33H,2-3,14-15,17-18H2,1H3. The van der Waals surface area contributed by atoms with Gasteiger partial charge in [0.05, 0.1) is 17.3 Å². The molecule has 5 heteroatoms. The van der Waals surface area contributed by atoms with Gasteiger partial charge < -0.3 is 16.0 Å². The predicted molar refractivity (Wildman–Crippen MR) is 137 cm³/mol. The van der Waals surface area contributed by atoms with Crippen LogP contribution in [0.25, 0.3) is 16.5 Å². The summed E-state index contributed by atoms with van der Waals surface area (Å²) in [4.78, 5) is 11.4. The molecule has 0 aromatic heterocycles. The Kier molecular flexibility index (Phi) is 6.54. The van der Waals surface area contributed by atoms with Crippen LogP contribution in [-0.4, -0.2) is 12.5 Å². The summed E-state index contributed by atoms with van der Waals surface area (Å²) in [7, 11) is 0. The molecule has 3 aromatic rings. The van der Waals surface area contributed by atoms with Crippen LogP contribution in [0.1, 0.15) is 35.1 Å². The van der Waals surface area contributed by atoms with Gasteiger partial charge in [0.2, 0.25) is 0 Å². The molecule has 0 heterocycles. The minimum atomic E-state index is -0.131. The summed E-state index contributed by atoms with van der Waals surface area (Å²) >= 11 is 0. The molecular weight excluding hydrogens is 420 g/mol. The number of hydrogen-bond acceptors (Lipinski definition) is 5. The lowest BCUT2D eigenvalue weighted by atomic mass is 9.94. The number of nitrogens with one attached hydrogen (secondary N) is 3. The van der Waals surface area contributed by atoms with Gasteiger partial charge in [0, 0.05) is 17.8 Å². The van der Waals surface area contributed by atoms with Crippen molar-refractivity contribution >= 4 is 22.4 Å². The fourth-order valence-corrected chi connectivity index (χ4v) is 4.42. The molecular formula is C29H28N4O. The number of nitriles is 1. The Morgan fingerprint density at radius 3 is 2.47 bits per heavy atom. The summed E-state index contributed by atoms with van der Waals surface area (Å²) < 4.78 is 0. The molecule has 4 rings (SSSR count). The highest BCUT2D eigenvalue weighted by molar-refractivity contribution is 5.90. The van der Waals surface area contributed by atoms with E-state index in [0.29, 0.717) is 12.2 Å². The maximum Gasteiger partial charge on any atom is 0.152 e. The molecule has 1 aliphatic carbocycles. The second-order valence-corrected chi connectivity index (χ2v) is 8.64. The first-order valence-corrected chi connectivity index (χ1v) is 11.3. The summed E-state index contributed by atoms with van der Waals surface area (Å²) in [5.41, 5.74) is 5.81. The number of fused-ring (bicyclic) bond motifs is 1. The summed E-state index contributed by atoms with van der Waals surface area (Å²) in [5, 5.41) is 20.9. The quantitative estimate of drug-likeness (QED) is 0.235. The van der Waals surface area contributed by atoms with Crippen LogP contribution in [-0.2, 0) is 16.9 Å². The van der Waals surface area contributed by atoms with E-state index in [1.807, 2.05) is 36.3 Å². The highest BCUT2D eigenvalue weighted by Gasteiger charge is 2.45. The van der Waals surface area contributed by atoms with E-state index in [1.165, 1.54) is 21.9 Å². The van der Waals surface area contributed by atoms with E-state index in [-0.39, 0.29) is 17.8 Å². The van der Waals surface area contributed by atoms with Gasteiger partial charge in [0.25, 0.3) is 0 Å². The largest absolute Gasteiger partial charge is 0.375 e. The van der Waals surface area contributed by atoms with Gasteiger partial charge in [0.15, 0.2) is 5.94 Å². The number of rotatable bonds is 10. The van der Waals surface area contributed by atoms with E-state index in [2.05, 4.69) is 72.4 Å². The van der Waals surface area contributed by atoms with Gasteiger partial charge in [-0.05, 0) is 47.2 Å². The van der Waals surface area contributed by atoms with Crippen LogP contribution in [0.3, 0.4) is 0 Å². The number of carbonyl (C=O) groups excluding carboxylic acids is 1. The Bertz CT molecular complexity index is 1350. The van der Waals surface area contributed by atoms with Crippen molar-refractivity contribution in [3.05, 3.63) is 107 Å². The van der Waals surface area contributed by atoms with E-state index in [1.54, 1.807) is 0 Å². The maximum absolute atomic E-state index is 11.4. The SMILES string of the molecule is C=C(NCC#N)C(=C=O)NCc1ccccc1C(=C)NC1(c2cccc3c(C)cccc23)CC1. The lowest BCUT2D eigenvalue weighted by Crippen LogP contribution is -2.28. The Morgan fingerprint density at radius 2 is 1.74 bits per heavy atom. The van der Waals surface area contributed by atoms with Gasteiger partial charge in [-0.15, -0.1) is 0 Å². The molecule has 0 radical (unpaired) electrons. The van der Waals surface area contributed by atoms with Crippen LogP contribution < -0.4 is 16.0 Å². The highest BCUT2D eigenvalue weighted by atomic mass is 16.1. The molecule has 0 aliphatic heterocycles. The Balaban J connectivity index is 1.54. The van der Waals surface area contributed by atoms with Gasteiger partial charge in [-0.2, -0.15) is 5.26 Å². The zero-order valence-electron chi connectivity index (χ0n) is 19.4. The lowest BCUT2D eigenvalue weighted by Gasteiger charge is -2.24. The second-order valence-electron chi connectivity index (χ2n) is 8.64. The highest BCUT2D eigenvalue weighted by Crippen LogP contribution is 2.49. The van der Waals surface area contributed by atoms with Crippen molar-refractivity contribution in [2.75, 3.05) is 6.54 Å². The van der Waals surface area contributed by atoms with Gasteiger partial charge in [-0.25, -0.2) is 4.79 Å². The normalized spacial score (nSPS) is 13.3. The van der Waals surface area contributed by atoms with E-state index in [0.717, 1.165) is 29.7 Å². The zero-order chi connectivity index (χ0) is 24.1. The van der Waals surface area contributed by atoms with Crippen molar-refractivity contribution in [3.8, 4) is 6.07 Å². The van der Waals surface area contributed by atoms with E-state index in [9.17, 15) is 4.79 Å². The van der Waals surface area contributed by atoms with Crippen LogP contribution in [0.15, 0.2) is 85.2 Å². The number of benzene rings is 3. The molecule has 1 saturated carbocycles. The molecule has 0 unspecified atom stereocenters. The summed E-state index contributed by atoms with van der Waals surface area (Å²) in [6.45, 7) is 10.8. The van der Waals surface area contributed by atoms with Crippen molar-refractivity contribution in [2.24, 2.45) is 0 Å². The lowest BCUT2D eigenvalue weighted by molar-refractivity contribution is 0.564. The summed E-state index contributed by atoms with van der Waals surface area (Å²) in [5.74, 6) is 1.87. The molecule has 170 valence electrons. The number of aryl methyl sites for hydroxylation is 1. The van der Waals surface area contributed by atoms with E-state index in [4.69, 9.17) is 5.26 Å². The van der Waals surface area contributed by atoms with Crippen LogP contribution in [0.5, 0.6) is 0 Å². The van der Waals surface area contributed by atoms with Crippen molar-refractivity contribution in [1.82, 2.24) is 16.0 Å². The predicted octanol–water partition coefficient (Wildman–Crippen LogP) is 4.83. The van der Waals surface area contributed by atoms with Crippen LogP contribution in [0.2, 0.25) is 0 Å². The van der Waals surface area contributed by atoms with Crippen molar-refractivity contribution in [3.63, 3.8) is 0 Å². The van der Waals surface area contributed by atoms with Crippen molar-refractivity contribution in [2.45, 2.75) is 31.8 Å². The third kappa shape index (κ3) is 4.59. The zero-order valence-corrected chi connectivity index (χ0v) is 19.4. The molecule has 3 aromatic carbocycles. The molecule has 0 amide bonds. The van der Waals surface area contributed by atoms with Gasteiger partial charge in [-0.3, -0.25) is 0 Å². The first-order valence-electron chi connectivity index (χ1n) is 11.3. The molecule has 3 N–H and O–H groups in total. The third-order valence-corrected chi connectivity index (χ3v) is 6.38. The van der Waals surface area contributed by atoms with Gasteiger partial charge >= 0.3 is 0 Å². The van der Waals surface area contributed by atoms with Crippen molar-refractivity contribution < 1.29 is 4.79 Å². The third-order valence-electron chi connectivity index (χ3n) is 6.38. The molecule has 0 bridgehead atoms. The monoisotopic (exact) mass is 448 g/mol. The average Bonchev–Trinajstić information content (AvgIpc) is 3.63. The number of nitrogens with zero attached hydrogens (tertiary/aromatic N) is 1. The Hall–Kier alpha value is -4.26. The molecule has 0 saturated heterocycles. The molecule has 0 atom stereocenters. The minimum Gasteiger partial charge on any atom is -0.375 e. The molecule has 5 nitrogen and oxygen atoms in total. The summed E-state index contributed by atoms with van der Waals surface area (Å²) in [6, 6.07) is 22.9. The molecule has 1 aliphatic rings. The second kappa shape index (κ2) is 9.70. The Morgan fingerprint density at radius 1 is 1.00 bits per heavy atom. The first-order chi connectivity index (χ1) is 16.5. The first kappa shape index (κ1) is 22.9. The summed E-state index contributed by atoms with van der Waals surface area (Å²) in [6.07, 6.45) is 2.09. The molecule has 0 spiro atoms. The van der Waals surface area contributed by atoms with Gasteiger partial charge in [0.1, 0.15) is 12.2 Å². The minimum absolute atomic E-state index is 0.0682. The topological polar surface area (TPSA) is 77.0 Å². The molecule has 34 heavy (non-hydrogen) atoms. The van der Waals surface area contributed by atoms with Crippen LogP contribution >= 0.6 is 0 Å². The number of hydrogen-bond donors (Lipinski definition) is 3.